The molecule has 2 fully saturated rings. The summed E-state index contributed by atoms with van der Waals surface area (Å²) in [4.78, 5) is 42.6. The maximum atomic E-state index is 15.3. The topological polar surface area (TPSA) is 90.5 Å². The van der Waals surface area contributed by atoms with Gasteiger partial charge >= 0.3 is 12.1 Å². The molecule has 12 heteroatoms. The van der Waals surface area contributed by atoms with Crippen molar-refractivity contribution in [3.8, 4) is 22.3 Å². The SMILES string of the molecule is Cc1cc(C(=O)O)ccc1-c1c[nH]c(=O)c(-c2ccc(C(C)(C)F)cc2[C@@H]2CCC3C(c4cc(F)cc(C(F)(F)F)c4)SC(=O)N32)c1. The molecular formula is C35H29F5N2O4S. The molecule has 3 heterocycles. The average molecular weight is 669 g/mol. The van der Waals surface area contributed by atoms with Crippen molar-refractivity contribution in [3.05, 3.63) is 116 Å². The van der Waals surface area contributed by atoms with Crippen molar-refractivity contribution < 1.29 is 36.6 Å². The predicted octanol–water partition coefficient (Wildman–Crippen LogP) is 9.19. The number of carboxylic acid groups (broad SMARTS) is 1. The first-order valence-electron chi connectivity index (χ1n) is 14.8. The molecule has 2 aliphatic heterocycles. The lowest BCUT2D eigenvalue weighted by Crippen LogP contribution is -2.31. The Morgan fingerprint density at radius 2 is 1.64 bits per heavy atom. The van der Waals surface area contributed by atoms with Crippen molar-refractivity contribution in [2.45, 2.75) is 62.8 Å². The minimum absolute atomic E-state index is 0.0520. The molecule has 6 rings (SSSR count). The van der Waals surface area contributed by atoms with E-state index in [0.29, 0.717) is 52.3 Å². The van der Waals surface area contributed by atoms with E-state index in [0.717, 1.165) is 23.9 Å². The third kappa shape index (κ3) is 6.06. The minimum Gasteiger partial charge on any atom is -0.478 e. The molecule has 1 amide bonds. The number of benzene rings is 3. The van der Waals surface area contributed by atoms with Gasteiger partial charge < -0.3 is 15.0 Å². The summed E-state index contributed by atoms with van der Waals surface area (Å²) in [7, 11) is 0. The van der Waals surface area contributed by atoms with Gasteiger partial charge in [-0.15, -0.1) is 0 Å². The fraction of sp³-hybridized carbons (Fsp3) is 0.286. The number of hydrogen-bond donors (Lipinski definition) is 2. The number of aryl methyl sites for hydroxylation is 1. The van der Waals surface area contributed by atoms with Crippen LogP contribution in [0.15, 0.2) is 71.7 Å². The fourth-order valence-corrected chi connectivity index (χ4v) is 7.89. The van der Waals surface area contributed by atoms with Crippen LogP contribution < -0.4 is 5.56 Å². The van der Waals surface area contributed by atoms with Gasteiger partial charge in [0.05, 0.1) is 22.4 Å². The van der Waals surface area contributed by atoms with E-state index in [1.54, 1.807) is 42.2 Å². The molecule has 0 bridgehead atoms. The van der Waals surface area contributed by atoms with Crippen LogP contribution in [0.25, 0.3) is 22.3 Å². The van der Waals surface area contributed by atoms with E-state index in [1.807, 2.05) is 0 Å². The van der Waals surface area contributed by atoms with Gasteiger partial charge in [-0.25, -0.2) is 13.6 Å². The van der Waals surface area contributed by atoms with Gasteiger partial charge in [0, 0.05) is 17.8 Å². The van der Waals surface area contributed by atoms with Gasteiger partial charge in [-0.3, -0.25) is 9.59 Å². The van der Waals surface area contributed by atoms with Gasteiger partial charge in [0.2, 0.25) is 0 Å². The highest BCUT2D eigenvalue weighted by Crippen LogP contribution is 2.55. The van der Waals surface area contributed by atoms with Gasteiger partial charge in [0.1, 0.15) is 11.5 Å². The Hall–Kier alpha value is -4.45. The van der Waals surface area contributed by atoms with E-state index in [-0.39, 0.29) is 16.7 Å². The van der Waals surface area contributed by atoms with Crippen LogP contribution in [-0.4, -0.2) is 32.2 Å². The Morgan fingerprint density at radius 3 is 2.30 bits per heavy atom. The summed E-state index contributed by atoms with van der Waals surface area (Å²) in [6.07, 6.45) is -2.49. The van der Waals surface area contributed by atoms with Crippen LogP contribution in [0, 0.1) is 12.7 Å². The smallest absolute Gasteiger partial charge is 0.416 e. The van der Waals surface area contributed by atoms with Crippen LogP contribution >= 0.6 is 11.8 Å². The van der Waals surface area contributed by atoms with Crippen LogP contribution in [-0.2, 0) is 11.8 Å². The van der Waals surface area contributed by atoms with Crippen LogP contribution in [0.1, 0.15) is 76.2 Å². The Kier molecular flexibility index (Phi) is 8.06. The summed E-state index contributed by atoms with van der Waals surface area (Å²) in [5, 5.41) is 8.19. The average Bonchev–Trinajstić information content (AvgIpc) is 3.57. The van der Waals surface area contributed by atoms with Gasteiger partial charge in [-0.05, 0) is 115 Å². The van der Waals surface area contributed by atoms with E-state index in [1.165, 1.54) is 32.2 Å². The summed E-state index contributed by atoms with van der Waals surface area (Å²) in [5.41, 5.74) is 0.227. The molecule has 0 aliphatic carbocycles. The number of pyridine rings is 1. The number of carbonyl (C=O) groups is 2. The number of nitrogens with zero attached hydrogens (tertiary/aromatic N) is 1. The van der Waals surface area contributed by atoms with Crippen molar-refractivity contribution in [3.63, 3.8) is 0 Å². The maximum absolute atomic E-state index is 15.3. The van der Waals surface area contributed by atoms with Gasteiger partial charge in [0.15, 0.2) is 0 Å². The second-order valence-electron chi connectivity index (χ2n) is 12.4. The number of thioether (sulfide) groups is 1. The van der Waals surface area contributed by atoms with E-state index in [9.17, 15) is 37.1 Å². The number of amides is 1. The maximum Gasteiger partial charge on any atom is 0.416 e. The van der Waals surface area contributed by atoms with Crippen molar-refractivity contribution in [2.24, 2.45) is 0 Å². The Labute approximate surface area is 270 Å². The highest BCUT2D eigenvalue weighted by molar-refractivity contribution is 8.14. The number of fused-ring (bicyclic) bond motifs is 1. The van der Waals surface area contributed by atoms with Crippen molar-refractivity contribution in [1.82, 2.24) is 9.88 Å². The zero-order chi connectivity index (χ0) is 34.0. The van der Waals surface area contributed by atoms with Crippen molar-refractivity contribution >= 4 is 23.0 Å². The molecule has 6 nitrogen and oxygen atoms in total. The molecule has 2 aliphatic rings. The first-order valence-corrected chi connectivity index (χ1v) is 15.7. The van der Waals surface area contributed by atoms with E-state index in [4.69, 9.17) is 0 Å². The van der Waals surface area contributed by atoms with Gasteiger partial charge in [-0.2, -0.15) is 13.2 Å². The highest BCUT2D eigenvalue weighted by atomic mass is 32.2. The monoisotopic (exact) mass is 668 g/mol. The molecule has 47 heavy (non-hydrogen) atoms. The Balaban J connectivity index is 1.44. The number of nitrogens with one attached hydrogen (secondary N) is 1. The number of carboxylic acids is 1. The number of aromatic amines is 1. The number of H-pyrrole nitrogens is 1. The lowest BCUT2D eigenvalue weighted by Gasteiger charge is -2.28. The third-order valence-corrected chi connectivity index (χ3v) is 10.1. The molecule has 2 unspecified atom stereocenters. The summed E-state index contributed by atoms with van der Waals surface area (Å²) in [5.74, 6) is -2.13. The largest absolute Gasteiger partial charge is 0.478 e. The standard InChI is InChI=1S/C35H29F5N2O4S/c1-17-10-18(32(44)45)4-6-24(17)20-13-27(31(43)41-16-20)25-7-5-21(34(2,3)37)15-26(25)28-8-9-29-30(47-33(46)42(28)29)19-11-22(35(38,39)40)14-23(36)12-19/h4-7,10-16,28-30H,8-9H2,1-3H3,(H,41,43)(H,44,45)/t28-,29?,30?/m0/s1. The highest BCUT2D eigenvalue weighted by Gasteiger charge is 2.50. The molecule has 4 aromatic rings. The van der Waals surface area contributed by atoms with Crippen LogP contribution in [0.4, 0.5) is 26.7 Å². The summed E-state index contributed by atoms with van der Waals surface area (Å²) >= 11 is 0.825. The predicted molar refractivity (Wildman–Crippen MR) is 168 cm³/mol. The molecule has 0 radical (unpaired) electrons. The number of aromatic nitrogens is 1. The molecule has 3 aromatic carbocycles. The van der Waals surface area contributed by atoms with Crippen LogP contribution in [0.2, 0.25) is 0 Å². The zero-order valence-corrected chi connectivity index (χ0v) is 26.2. The molecule has 3 atom stereocenters. The number of carbonyl (C=O) groups excluding carboxylic acids is 1. The number of halogens is 5. The number of alkyl halides is 4. The number of rotatable bonds is 6. The van der Waals surface area contributed by atoms with Gasteiger partial charge in [-0.1, -0.05) is 30.0 Å². The molecule has 2 saturated heterocycles. The lowest BCUT2D eigenvalue weighted by molar-refractivity contribution is -0.137. The van der Waals surface area contributed by atoms with Crippen molar-refractivity contribution in [2.75, 3.05) is 0 Å². The van der Waals surface area contributed by atoms with E-state index >= 15 is 4.39 Å². The normalized spacial score (nSPS) is 19.7. The quantitative estimate of drug-likeness (QED) is 0.200. The third-order valence-electron chi connectivity index (χ3n) is 8.87. The second-order valence-corrected chi connectivity index (χ2v) is 13.5. The second kappa shape index (κ2) is 11.7. The van der Waals surface area contributed by atoms with Gasteiger partial charge in [0.25, 0.3) is 10.8 Å². The first-order chi connectivity index (χ1) is 22.0. The Bertz CT molecular complexity index is 1980. The Morgan fingerprint density at radius 1 is 0.915 bits per heavy atom. The zero-order valence-electron chi connectivity index (χ0n) is 25.4. The minimum atomic E-state index is -4.77. The summed E-state index contributed by atoms with van der Waals surface area (Å²) in [6.45, 7) is 4.52. The molecular weight excluding hydrogens is 639 g/mol. The molecule has 0 spiro atoms. The fourth-order valence-electron chi connectivity index (χ4n) is 6.60. The number of aromatic carboxylic acids is 1. The van der Waals surface area contributed by atoms with Crippen molar-refractivity contribution in [1.29, 1.82) is 0 Å². The number of hydrogen-bond acceptors (Lipinski definition) is 4. The first kappa shape index (κ1) is 32.5. The van der Waals surface area contributed by atoms with E-state index in [2.05, 4.69) is 4.98 Å². The molecule has 1 aromatic heterocycles. The molecule has 244 valence electrons. The summed E-state index contributed by atoms with van der Waals surface area (Å²) < 4.78 is 70.2. The molecule has 0 saturated carbocycles. The van der Waals surface area contributed by atoms with Crippen LogP contribution in [0.5, 0.6) is 0 Å². The lowest BCUT2D eigenvalue weighted by atomic mass is 9.88. The summed E-state index contributed by atoms with van der Waals surface area (Å²) in [6, 6.07) is 12.2. The molecule has 2 N–H and O–H groups in total. The van der Waals surface area contributed by atoms with Crippen LogP contribution in [0.3, 0.4) is 0 Å². The van der Waals surface area contributed by atoms with E-state index < -0.39 is 57.3 Å².